The van der Waals surface area contributed by atoms with E-state index in [1.165, 1.54) is 0 Å². The Labute approximate surface area is 120 Å². The normalized spacial score (nSPS) is 12.5. The molecule has 1 rings (SSSR count). The second-order valence-corrected chi connectivity index (χ2v) is 5.20. The highest BCUT2D eigenvalue weighted by Crippen LogP contribution is 2.08. The van der Waals surface area contributed by atoms with E-state index in [1.54, 1.807) is 26.1 Å². The molecule has 0 fully saturated rings. The molecular formula is C15H24N2O3. The molecule has 20 heavy (non-hydrogen) atoms. The van der Waals surface area contributed by atoms with Crippen molar-refractivity contribution in [2.45, 2.75) is 12.6 Å². The van der Waals surface area contributed by atoms with Gasteiger partial charge in [0.2, 0.25) is 0 Å². The van der Waals surface area contributed by atoms with Gasteiger partial charge < -0.3 is 14.7 Å². The van der Waals surface area contributed by atoms with Crippen molar-refractivity contribution in [3.05, 3.63) is 35.4 Å². The Hall–Kier alpha value is -1.43. The van der Waals surface area contributed by atoms with Gasteiger partial charge in [0.15, 0.2) is 0 Å². The fraction of sp³-hybridized carbons (Fsp3) is 0.533. The highest BCUT2D eigenvalue weighted by molar-refractivity contribution is 5.93. The predicted molar refractivity (Wildman–Crippen MR) is 78.7 cm³/mol. The van der Waals surface area contributed by atoms with Gasteiger partial charge in [-0.2, -0.15) is 0 Å². The predicted octanol–water partition coefficient (Wildman–Crippen LogP) is 0.827. The zero-order valence-electron chi connectivity index (χ0n) is 12.7. The van der Waals surface area contributed by atoms with Crippen LogP contribution < -0.4 is 0 Å². The van der Waals surface area contributed by atoms with Gasteiger partial charge in [-0.05, 0) is 24.7 Å². The Morgan fingerprint density at radius 2 is 1.85 bits per heavy atom. The first kappa shape index (κ1) is 16.6. The molecule has 112 valence electrons. The van der Waals surface area contributed by atoms with Crippen molar-refractivity contribution in [2.24, 2.45) is 0 Å². The Kier molecular flexibility index (Phi) is 6.64. The summed E-state index contributed by atoms with van der Waals surface area (Å²) >= 11 is 0. The number of nitrogens with zero attached hydrogens (tertiary/aromatic N) is 2. The van der Waals surface area contributed by atoms with Gasteiger partial charge in [0.25, 0.3) is 5.91 Å². The van der Waals surface area contributed by atoms with Gasteiger partial charge in [0.05, 0.1) is 12.7 Å². The third-order valence-corrected chi connectivity index (χ3v) is 2.94. The van der Waals surface area contributed by atoms with E-state index in [-0.39, 0.29) is 5.91 Å². The summed E-state index contributed by atoms with van der Waals surface area (Å²) in [7, 11) is 6.99. The summed E-state index contributed by atoms with van der Waals surface area (Å²) in [5.74, 6) is 0.000390. The molecule has 5 heteroatoms. The van der Waals surface area contributed by atoms with Crippen LogP contribution in [-0.2, 0) is 11.3 Å². The van der Waals surface area contributed by atoms with Crippen molar-refractivity contribution in [2.75, 3.05) is 41.4 Å². The van der Waals surface area contributed by atoms with Crippen LogP contribution in [0.3, 0.4) is 0 Å². The first-order valence-electron chi connectivity index (χ1n) is 6.60. The molecule has 0 saturated carbocycles. The van der Waals surface area contributed by atoms with Crippen molar-refractivity contribution in [1.29, 1.82) is 0 Å². The van der Waals surface area contributed by atoms with Gasteiger partial charge in [-0.25, -0.2) is 0 Å². The number of hydrogen-bond acceptors (Lipinski definition) is 4. The molecule has 1 aromatic rings. The lowest BCUT2D eigenvalue weighted by Gasteiger charge is -2.20. The molecule has 1 aromatic carbocycles. The van der Waals surface area contributed by atoms with E-state index in [2.05, 4.69) is 0 Å². The largest absolute Gasteiger partial charge is 0.389 e. The monoisotopic (exact) mass is 280 g/mol. The number of hydrogen-bond donors (Lipinski definition) is 1. The van der Waals surface area contributed by atoms with Gasteiger partial charge in [-0.15, -0.1) is 0 Å². The Balaban J connectivity index is 2.55. The van der Waals surface area contributed by atoms with Gasteiger partial charge >= 0.3 is 0 Å². The maximum Gasteiger partial charge on any atom is 0.253 e. The number of carbonyl (C=O) groups excluding carboxylic acids is 1. The fourth-order valence-corrected chi connectivity index (χ4v) is 1.99. The van der Waals surface area contributed by atoms with Gasteiger partial charge in [0, 0.05) is 39.9 Å². The van der Waals surface area contributed by atoms with Crippen LogP contribution in [0.2, 0.25) is 0 Å². The fourth-order valence-electron chi connectivity index (χ4n) is 1.99. The zero-order chi connectivity index (χ0) is 15.1. The lowest BCUT2D eigenvalue weighted by atomic mass is 10.1. The molecule has 0 radical (unpaired) electrons. The molecule has 1 unspecified atom stereocenters. The van der Waals surface area contributed by atoms with Crippen LogP contribution in [0, 0.1) is 0 Å². The van der Waals surface area contributed by atoms with E-state index in [1.807, 2.05) is 36.2 Å². The topological polar surface area (TPSA) is 53.0 Å². The van der Waals surface area contributed by atoms with E-state index in [0.717, 1.165) is 12.1 Å². The number of carbonyl (C=O) groups is 1. The SMILES string of the molecule is COCC(O)CN(C)Cc1ccc(C(=O)N(C)C)cc1. The lowest BCUT2D eigenvalue weighted by molar-refractivity contribution is 0.0419. The maximum absolute atomic E-state index is 11.8. The smallest absolute Gasteiger partial charge is 0.253 e. The number of likely N-dealkylation sites (N-methyl/N-ethyl adjacent to an activating group) is 1. The molecule has 1 atom stereocenters. The number of ether oxygens (including phenoxy) is 1. The van der Waals surface area contributed by atoms with E-state index >= 15 is 0 Å². The Bertz CT molecular complexity index is 418. The summed E-state index contributed by atoms with van der Waals surface area (Å²) in [4.78, 5) is 15.3. The molecule has 0 spiro atoms. The van der Waals surface area contributed by atoms with Crippen molar-refractivity contribution in [3.8, 4) is 0 Å². The van der Waals surface area contributed by atoms with Gasteiger partial charge in [-0.1, -0.05) is 12.1 Å². The summed E-state index contributed by atoms with van der Waals surface area (Å²) < 4.78 is 4.90. The van der Waals surface area contributed by atoms with Crippen LogP contribution in [0.1, 0.15) is 15.9 Å². The molecule has 5 nitrogen and oxygen atoms in total. The number of rotatable bonds is 7. The number of aliphatic hydroxyl groups is 1. The van der Waals surface area contributed by atoms with E-state index < -0.39 is 6.10 Å². The first-order chi connectivity index (χ1) is 9.43. The molecule has 0 aliphatic carbocycles. The van der Waals surface area contributed by atoms with Gasteiger partial charge in [0.1, 0.15) is 0 Å². The van der Waals surface area contributed by atoms with Crippen LogP contribution in [0.4, 0.5) is 0 Å². The molecule has 0 heterocycles. The molecular weight excluding hydrogens is 256 g/mol. The highest BCUT2D eigenvalue weighted by Gasteiger charge is 2.10. The van der Waals surface area contributed by atoms with Crippen LogP contribution in [-0.4, -0.2) is 68.3 Å². The van der Waals surface area contributed by atoms with Crippen molar-refractivity contribution in [1.82, 2.24) is 9.80 Å². The second kappa shape index (κ2) is 7.99. The third-order valence-electron chi connectivity index (χ3n) is 2.94. The third kappa shape index (κ3) is 5.28. The molecule has 0 saturated heterocycles. The van der Waals surface area contributed by atoms with Crippen LogP contribution in [0.15, 0.2) is 24.3 Å². The van der Waals surface area contributed by atoms with E-state index in [0.29, 0.717) is 18.7 Å². The Morgan fingerprint density at radius 3 is 2.35 bits per heavy atom. The molecule has 0 aromatic heterocycles. The van der Waals surface area contributed by atoms with E-state index in [9.17, 15) is 9.90 Å². The summed E-state index contributed by atoms with van der Waals surface area (Å²) in [5.41, 5.74) is 1.79. The molecule has 1 N–H and O–H groups in total. The minimum Gasteiger partial charge on any atom is -0.389 e. The average Bonchev–Trinajstić information content (AvgIpc) is 2.38. The molecule has 0 bridgehead atoms. The minimum absolute atomic E-state index is 0.000390. The van der Waals surface area contributed by atoms with Gasteiger partial charge in [-0.3, -0.25) is 9.69 Å². The summed E-state index contributed by atoms with van der Waals surface area (Å²) in [5, 5.41) is 9.66. The summed E-state index contributed by atoms with van der Waals surface area (Å²) in [6.07, 6.45) is -0.486. The van der Waals surface area contributed by atoms with Crippen LogP contribution in [0.5, 0.6) is 0 Å². The summed E-state index contributed by atoms with van der Waals surface area (Å²) in [6.45, 7) is 1.60. The zero-order valence-corrected chi connectivity index (χ0v) is 12.7. The number of aliphatic hydroxyl groups excluding tert-OH is 1. The molecule has 1 amide bonds. The maximum atomic E-state index is 11.8. The second-order valence-electron chi connectivity index (χ2n) is 5.20. The minimum atomic E-state index is -0.486. The highest BCUT2D eigenvalue weighted by atomic mass is 16.5. The number of methoxy groups -OCH3 is 1. The number of amides is 1. The lowest BCUT2D eigenvalue weighted by Crippen LogP contribution is -2.31. The summed E-state index contributed by atoms with van der Waals surface area (Å²) in [6, 6.07) is 7.54. The van der Waals surface area contributed by atoms with Crippen molar-refractivity contribution < 1.29 is 14.6 Å². The van der Waals surface area contributed by atoms with Crippen LogP contribution in [0.25, 0.3) is 0 Å². The van der Waals surface area contributed by atoms with Crippen molar-refractivity contribution >= 4 is 5.91 Å². The first-order valence-corrected chi connectivity index (χ1v) is 6.60. The van der Waals surface area contributed by atoms with Crippen molar-refractivity contribution in [3.63, 3.8) is 0 Å². The molecule has 0 aliphatic rings. The standard InChI is InChI=1S/C15H24N2O3/c1-16(2)15(19)13-7-5-12(6-8-13)9-17(3)10-14(18)11-20-4/h5-8,14,18H,9-11H2,1-4H3. The molecule has 0 aliphatic heterocycles. The quantitative estimate of drug-likeness (QED) is 0.804. The van der Waals surface area contributed by atoms with E-state index in [4.69, 9.17) is 4.74 Å². The Morgan fingerprint density at radius 1 is 1.25 bits per heavy atom. The number of benzene rings is 1. The average molecular weight is 280 g/mol. The van der Waals surface area contributed by atoms with Crippen LogP contribution >= 0.6 is 0 Å².